The lowest BCUT2D eigenvalue weighted by molar-refractivity contribution is -0.274. The summed E-state index contributed by atoms with van der Waals surface area (Å²) in [7, 11) is 1.31. The maximum Gasteiger partial charge on any atom is 0.573 e. The predicted octanol–water partition coefficient (Wildman–Crippen LogP) is 4.40. The Labute approximate surface area is 112 Å². The first-order chi connectivity index (χ1) is 9.40. The van der Waals surface area contributed by atoms with E-state index < -0.39 is 17.9 Å². The summed E-state index contributed by atoms with van der Waals surface area (Å²) in [6.07, 6.45) is -4.79. The fourth-order valence-corrected chi connectivity index (χ4v) is 1.75. The molecule has 0 atom stereocenters. The van der Waals surface area contributed by atoms with Crippen LogP contribution in [0.25, 0.3) is 11.1 Å². The van der Waals surface area contributed by atoms with Crippen molar-refractivity contribution in [1.29, 1.82) is 0 Å². The van der Waals surface area contributed by atoms with Crippen LogP contribution >= 0.6 is 0 Å². The van der Waals surface area contributed by atoms with Crippen LogP contribution in [-0.4, -0.2) is 13.5 Å². The number of benzene rings is 2. The van der Waals surface area contributed by atoms with Gasteiger partial charge in [0.25, 0.3) is 0 Å². The molecular formula is C14H10F4O2. The first kappa shape index (κ1) is 14.2. The van der Waals surface area contributed by atoms with E-state index in [1.807, 2.05) is 0 Å². The van der Waals surface area contributed by atoms with E-state index in [4.69, 9.17) is 4.74 Å². The van der Waals surface area contributed by atoms with Gasteiger partial charge in [-0.1, -0.05) is 24.3 Å². The number of methoxy groups -OCH3 is 1. The molecule has 0 unspecified atom stereocenters. The summed E-state index contributed by atoms with van der Waals surface area (Å²) in [4.78, 5) is 0. The molecule has 0 saturated heterocycles. The Bertz CT molecular complexity index is 608. The number of hydrogen-bond donors (Lipinski definition) is 0. The molecule has 2 aromatic carbocycles. The molecule has 0 spiro atoms. The highest BCUT2D eigenvalue weighted by Gasteiger charge is 2.31. The van der Waals surface area contributed by atoms with Crippen molar-refractivity contribution in [3.05, 3.63) is 48.3 Å². The van der Waals surface area contributed by atoms with Gasteiger partial charge in [-0.15, -0.1) is 13.2 Å². The molecule has 0 amide bonds. The van der Waals surface area contributed by atoms with Crippen LogP contribution in [-0.2, 0) is 0 Å². The highest BCUT2D eigenvalue weighted by molar-refractivity contribution is 5.67. The van der Waals surface area contributed by atoms with Gasteiger partial charge in [-0.05, 0) is 23.8 Å². The summed E-state index contributed by atoms with van der Waals surface area (Å²) in [5.41, 5.74) is 0.403. The van der Waals surface area contributed by atoms with Crippen LogP contribution in [0.3, 0.4) is 0 Å². The monoisotopic (exact) mass is 286 g/mol. The Balaban J connectivity index is 2.41. The van der Waals surface area contributed by atoms with Crippen molar-refractivity contribution in [1.82, 2.24) is 0 Å². The van der Waals surface area contributed by atoms with Crippen molar-refractivity contribution in [3.63, 3.8) is 0 Å². The highest BCUT2D eigenvalue weighted by atomic mass is 19.4. The molecule has 0 saturated carbocycles. The molecule has 20 heavy (non-hydrogen) atoms. The van der Waals surface area contributed by atoms with Crippen molar-refractivity contribution in [2.24, 2.45) is 0 Å². The standard InChI is InChI=1S/C14H10F4O2/c1-19-12-7-3-6-11(13(12)15)9-4-2-5-10(8-9)20-14(16,17)18/h2-8H,1H3. The van der Waals surface area contributed by atoms with E-state index in [-0.39, 0.29) is 16.9 Å². The first-order valence-corrected chi connectivity index (χ1v) is 5.59. The molecule has 106 valence electrons. The van der Waals surface area contributed by atoms with Crippen LogP contribution in [0, 0.1) is 5.82 Å². The van der Waals surface area contributed by atoms with Gasteiger partial charge >= 0.3 is 6.36 Å². The quantitative estimate of drug-likeness (QED) is 0.779. The van der Waals surface area contributed by atoms with Gasteiger partial charge in [0.15, 0.2) is 11.6 Å². The molecule has 6 heteroatoms. The molecule has 0 N–H and O–H groups in total. The third-order valence-corrected chi connectivity index (χ3v) is 2.56. The topological polar surface area (TPSA) is 18.5 Å². The van der Waals surface area contributed by atoms with Gasteiger partial charge in [0, 0.05) is 5.56 Å². The van der Waals surface area contributed by atoms with Gasteiger partial charge in [0.1, 0.15) is 5.75 Å². The normalized spacial score (nSPS) is 11.2. The summed E-state index contributed by atoms with van der Waals surface area (Å²) in [5, 5.41) is 0. The summed E-state index contributed by atoms with van der Waals surface area (Å²) in [6, 6.07) is 9.53. The number of rotatable bonds is 3. The fraction of sp³-hybridized carbons (Fsp3) is 0.143. The predicted molar refractivity (Wildman–Crippen MR) is 65.1 cm³/mol. The van der Waals surface area contributed by atoms with E-state index in [9.17, 15) is 17.6 Å². The molecule has 2 rings (SSSR count). The molecule has 2 nitrogen and oxygen atoms in total. The average Bonchev–Trinajstić information content (AvgIpc) is 2.37. The van der Waals surface area contributed by atoms with Gasteiger partial charge in [-0.25, -0.2) is 4.39 Å². The highest BCUT2D eigenvalue weighted by Crippen LogP contribution is 2.32. The van der Waals surface area contributed by atoms with Gasteiger partial charge in [0.2, 0.25) is 0 Å². The van der Waals surface area contributed by atoms with Crippen LogP contribution < -0.4 is 9.47 Å². The molecular weight excluding hydrogens is 276 g/mol. The summed E-state index contributed by atoms with van der Waals surface area (Å²) >= 11 is 0. The Hall–Kier alpha value is -2.24. The number of hydrogen-bond acceptors (Lipinski definition) is 2. The molecule has 0 aromatic heterocycles. The summed E-state index contributed by atoms with van der Waals surface area (Å²) < 4.78 is 59.1. The smallest absolute Gasteiger partial charge is 0.494 e. The number of halogens is 4. The number of ether oxygens (including phenoxy) is 2. The van der Waals surface area contributed by atoms with Gasteiger partial charge in [-0.3, -0.25) is 0 Å². The minimum atomic E-state index is -4.79. The zero-order valence-electron chi connectivity index (χ0n) is 10.4. The van der Waals surface area contributed by atoms with Crippen molar-refractivity contribution in [2.75, 3.05) is 7.11 Å². The van der Waals surface area contributed by atoms with Crippen LogP contribution in [0.15, 0.2) is 42.5 Å². The molecule has 0 aliphatic rings. The van der Waals surface area contributed by atoms with Gasteiger partial charge in [0.05, 0.1) is 7.11 Å². The van der Waals surface area contributed by atoms with E-state index >= 15 is 0 Å². The lowest BCUT2D eigenvalue weighted by Gasteiger charge is -2.11. The van der Waals surface area contributed by atoms with E-state index in [1.165, 1.54) is 31.4 Å². The van der Waals surface area contributed by atoms with Crippen LogP contribution in [0.1, 0.15) is 0 Å². The van der Waals surface area contributed by atoms with Crippen molar-refractivity contribution < 1.29 is 27.0 Å². The SMILES string of the molecule is COc1cccc(-c2cccc(OC(F)(F)F)c2)c1F. The minimum absolute atomic E-state index is 0.0182. The lowest BCUT2D eigenvalue weighted by atomic mass is 10.0. The van der Waals surface area contributed by atoms with Crippen molar-refractivity contribution in [3.8, 4) is 22.6 Å². The maximum absolute atomic E-state index is 14.0. The molecule has 2 aromatic rings. The van der Waals surface area contributed by atoms with Crippen LogP contribution in [0.5, 0.6) is 11.5 Å². The Morgan fingerprint density at radius 2 is 1.70 bits per heavy atom. The second-order valence-corrected chi connectivity index (χ2v) is 3.90. The third kappa shape index (κ3) is 3.20. The summed E-state index contributed by atoms with van der Waals surface area (Å²) in [5.74, 6) is -1.03. The lowest BCUT2D eigenvalue weighted by Crippen LogP contribution is -2.17. The molecule has 0 aliphatic heterocycles. The molecule has 0 fully saturated rings. The van der Waals surface area contributed by atoms with Crippen molar-refractivity contribution in [2.45, 2.75) is 6.36 Å². The Morgan fingerprint density at radius 3 is 2.35 bits per heavy atom. The van der Waals surface area contributed by atoms with Gasteiger partial charge < -0.3 is 9.47 Å². The summed E-state index contributed by atoms with van der Waals surface area (Å²) in [6.45, 7) is 0. The second kappa shape index (κ2) is 5.40. The average molecular weight is 286 g/mol. The van der Waals surface area contributed by atoms with E-state index in [0.717, 1.165) is 12.1 Å². The maximum atomic E-state index is 14.0. The Kier molecular flexibility index (Phi) is 3.83. The minimum Gasteiger partial charge on any atom is -0.494 e. The number of alkyl halides is 3. The van der Waals surface area contributed by atoms with Crippen LogP contribution in [0.2, 0.25) is 0 Å². The second-order valence-electron chi connectivity index (χ2n) is 3.90. The molecule has 0 radical (unpaired) electrons. The van der Waals surface area contributed by atoms with E-state index in [0.29, 0.717) is 0 Å². The Morgan fingerprint density at radius 1 is 1.00 bits per heavy atom. The fourth-order valence-electron chi connectivity index (χ4n) is 1.75. The molecule has 0 heterocycles. The zero-order chi connectivity index (χ0) is 14.8. The zero-order valence-corrected chi connectivity index (χ0v) is 10.4. The molecule has 0 bridgehead atoms. The van der Waals surface area contributed by atoms with Crippen LogP contribution in [0.4, 0.5) is 17.6 Å². The third-order valence-electron chi connectivity index (χ3n) is 2.56. The molecule has 0 aliphatic carbocycles. The van der Waals surface area contributed by atoms with Gasteiger partial charge in [-0.2, -0.15) is 0 Å². The van der Waals surface area contributed by atoms with Crippen molar-refractivity contribution >= 4 is 0 Å². The first-order valence-electron chi connectivity index (χ1n) is 5.59. The van der Waals surface area contributed by atoms with E-state index in [1.54, 1.807) is 6.07 Å². The van der Waals surface area contributed by atoms with E-state index in [2.05, 4.69) is 4.74 Å². The largest absolute Gasteiger partial charge is 0.573 e.